The summed E-state index contributed by atoms with van der Waals surface area (Å²) in [6.07, 6.45) is 0.737. The van der Waals surface area contributed by atoms with Gasteiger partial charge in [0.1, 0.15) is 10.8 Å². The third kappa shape index (κ3) is 3.21. The number of nitrogens with zero attached hydrogens (tertiary/aromatic N) is 5. The first kappa shape index (κ1) is 17.8. The number of carbonyl (C=O) groups excluding carboxylic acids is 1. The van der Waals surface area contributed by atoms with E-state index in [9.17, 15) is 9.18 Å². The van der Waals surface area contributed by atoms with Crippen LogP contribution in [0.4, 0.5) is 10.1 Å². The van der Waals surface area contributed by atoms with Crippen LogP contribution in [0.1, 0.15) is 28.7 Å². The number of rotatable bonds is 4. The molecule has 0 unspecified atom stereocenters. The molecule has 2 aromatic heterocycles. The lowest BCUT2D eigenvalue weighted by Gasteiger charge is -2.07. The molecule has 7 nitrogen and oxygen atoms in total. The Morgan fingerprint density at radius 3 is 2.71 bits per heavy atom. The fraction of sp³-hybridized carbons (Fsp3) is 0.105. The number of fused-ring (bicyclic) bond motifs is 1. The summed E-state index contributed by atoms with van der Waals surface area (Å²) in [5.41, 5.74) is 1.44. The minimum absolute atomic E-state index is 0.121. The number of nitriles is 1. The molecule has 0 saturated carbocycles. The highest BCUT2D eigenvalue weighted by atomic mass is 32.1. The number of hydrogen-bond acceptors (Lipinski definition) is 6. The van der Waals surface area contributed by atoms with Crippen molar-refractivity contribution >= 4 is 27.9 Å². The van der Waals surface area contributed by atoms with Crippen molar-refractivity contribution in [1.82, 2.24) is 19.8 Å². The lowest BCUT2D eigenvalue weighted by Crippen LogP contribution is -2.13. The molecular weight excluding hydrogens is 379 g/mol. The second-order valence-electron chi connectivity index (χ2n) is 5.91. The summed E-state index contributed by atoms with van der Waals surface area (Å²) >= 11 is 1.42. The summed E-state index contributed by atoms with van der Waals surface area (Å²) in [6, 6.07) is 12.7. The number of carbonyl (C=O) groups is 1. The van der Waals surface area contributed by atoms with Crippen LogP contribution in [0.15, 0.2) is 42.5 Å². The summed E-state index contributed by atoms with van der Waals surface area (Å²) in [5, 5.41) is 24.9. The van der Waals surface area contributed by atoms with E-state index in [1.54, 1.807) is 16.6 Å². The summed E-state index contributed by atoms with van der Waals surface area (Å²) in [5.74, 6) is -0.522. The van der Waals surface area contributed by atoms with E-state index in [1.807, 2.05) is 25.1 Å². The second-order valence-corrected chi connectivity index (χ2v) is 6.87. The molecule has 4 rings (SSSR count). The zero-order chi connectivity index (χ0) is 19.7. The number of hydrogen-bond donors (Lipinski definition) is 1. The zero-order valence-corrected chi connectivity index (χ0v) is 15.5. The van der Waals surface area contributed by atoms with Crippen LogP contribution in [-0.4, -0.2) is 25.7 Å². The van der Waals surface area contributed by atoms with Crippen molar-refractivity contribution in [2.75, 3.05) is 5.32 Å². The molecule has 2 heterocycles. The minimum Gasteiger partial charge on any atom is -0.322 e. The number of anilines is 1. The van der Waals surface area contributed by atoms with Crippen molar-refractivity contribution in [2.24, 2.45) is 0 Å². The van der Waals surface area contributed by atoms with Crippen molar-refractivity contribution < 1.29 is 9.18 Å². The lowest BCUT2D eigenvalue weighted by atomic mass is 10.1. The zero-order valence-electron chi connectivity index (χ0n) is 14.7. The molecule has 28 heavy (non-hydrogen) atoms. The van der Waals surface area contributed by atoms with Gasteiger partial charge in [0.2, 0.25) is 4.96 Å². The van der Waals surface area contributed by atoms with Gasteiger partial charge in [0.25, 0.3) is 5.91 Å². The standard InChI is InChI=1S/C19H13FN6OS/c1-2-16-23-24-19-26(16)25-18(28-19)12-4-6-13(7-5-12)22-17(27)14-8-3-11(10-21)9-15(14)20/h3-9H,2H2,1H3,(H,22,27). The Kier molecular flexibility index (Phi) is 4.55. The van der Waals surface area contributed by atoms with Gasteiger partial charge in [0.05, 0.1) is 17.2 Å². The Balaban J connectivity index is 1.53. The molecule has 0 fully saturated rings. The highest BCUT2D eigenvalue weighted by Gasteiger charge is 2.14. The van der Waals surface area contributed by atoms with Crippen molar-refractivity contribution in [3.8, 4) is 16.6 Å². The van der Waals surface area contributed by atoms with Crippen LogP contribution in [0, 0.1) is 17.1 Å². The Bertz CT molecular complexity index is 1220. The van der Waals surface area contributed by atoms with E-state index in [0.29, 0.717) is 5.69 Å². The van der Waals surface area contributed by atoms with Crippen LogP contribution in [0.3, 0.4) is 0 Å². The van der Waals surface area contributed by atoms with Gasteiger partial charge < -0.3 is 5.32 Å². The summed E-state index contributed by atoms with van der Waals surface area (Å²) in [6.45, 7) is 1.99. The van der Waals surface area contributed by atoms with Gasteiger partial charge in [0, 0.05) is 17.7 Å². The molecule has 0 bridgehead atoms. The third-order valence-electron chi connectivity index (χ3n) is 4.10. The number of halogens is 1. The number of aryl methyl sites for hydroxylation is 1. The molecule has 1 amide bonds. The largest absolute Gasteiger partial charge is 0.322 e. The van der Waals surface area contributed by atoms with Crippen LogP contribution in [-0.2, 0) is 6.42 Å². The first-order chi connectivity index (χ1) is 13.6. The maximum atomic E-state index is 14.0. The van der Waals surface area contributed by atoms with E-state index in [2.05, 4.69) is 20.6 Å². The smallest absolute Gasteiger partial charge is 0.258 e. The van der Waals surface area contributed by atoms with Gasteiger partial charge in [-0.15, -0.1) is 10.2 Å². The molecule has 9 heteroatoms. The molecule has 0 atom stereocenters. The van der Waals surface area contributed by atoms with E-state index in [4.69, 9.17) is 5.26 Å². The molecule has 0 spiro atoms. The van der Waals surface area contributed by atoms with Gasteiger partial charge in [-0.1, -0.05) is 18.3 Å². The van der Waals surface area contributed by atoms with Gasteiger partial charge in [-0.2, -0.15) is 14.9 Å². The molecule has 1 N–H and O–H groups in total. The minimum atomic E-state index is -0.736. The number of amides is 1. The Morgan fingerprint density at radius 1 is 1.25 bits per heavy atom. The molecule has 138 valence electrons. The first-order valence-corrected chi connectivity index (χ1v) is 9.23. The van der Waals surface area contributed by atoms with E-state index in [-0.39, 0.29) is 11.1 Å². The molecular formula is C19H13FN6OS. The van der Waals surface area contributed by atoms with Crippen LogP contribution >= 0.6 is 11.3 Å². The van der Waals surface area contributed by atoms with Crippen LogP contribution in [0.25, 0.3) is 15.5 Å². The van der Waals surface area contributed by atoms with Crippen molar-refractivity contribution in [1.29, 1.82) is 5.26 Å². The SMILES string of the molecule is CCc1nnc2sc(-c3ccc(NC(=O)c4ccc(C#N)cc4F)cc3)nn12. The monoisotopic (exact) mass is 392 g/mol. The lowest BCUT2D eigenvalue weighted by molar-refractivity contribution is 0.102. The Hall–Kier alpha value is -3.64. The molecule has 4 aromatic rings. The topological polar surface area (TPSA) is 96.0 Å². The maximum absolute atomic E-state index is 14.0. The van der Waals surface area contributed by atoms with E-state index in [0.717, 1.165) is 33.8 Å². The van der Waals surface area contributed by atoms with Crippen LogP contribution in [0.2, 0.25) is 0 Å². The highest BCUT2D eigenvalue weighted by Crippen LogP contribution is 2.27. The predicted molar refractivity (Wildman–Crippen MR) is 103 cm³/mol. The van der Waals surface area contributed by atoms with Crippen molar-refractivity contribution in [2.45, 2.75) is 13.3 Å². The molecule has 0 aliphatic carbocycles. The van der Waals surface area contributed by atoms with Gasteiger partial charge >= 0.3 is 0 Å². The van der Waals surface area contributed by atoms with Gasteiger partial charge in [-0.05, 0) is 42.5 Å². The molecule has 0 radical (unpaired) electrons. The average Bonchev–Trinajstić information content (AvgIpc) is 3.29. The van der Waals surface area contributed by atoms with E-state index >= 15 is 0 Å². The number of nitrogens with one attached hydrogen (secondary N) is 1. The summed E-state index contributed by atoms with van der Waals surface area (Å²) in [7, 11) is 0. The Morgan fingerprint density at radius 2 is 2.04 bits per heavy atom. The van der Waals surface area contributed by atoms with E-state index in [1.165, 1.54) is 23.5 Å². The van der Waals surface area contributed by atoms with E-state index < -0.39 is 11.7 Å². The van der Waals surface area contributed by atoms with Crippen molar-refractivity contribution in [3.05, 3.63) is 65.2 Å². The first-order valence-electron chi connectivity index (χ1n) is 8.41. The highest BCUT2D eigenvalue weighted by molar-refractivity contribution is 7.19. The predicted octanol–water partition coefficient (Wildman–Crippen LogP) is 3.68. The van der Waals surface area contributed by atoms with Gasteiger partial charge in [0.15, 0.2) is 5.82 Å². The van der Waals surface area contributed by atoms with Crippen LogP contribution in [0.5, 0.6) is 0 Å². The number of aromatic nitrogens is 4. The fourth-order valence-electron chi connectivity index (χ4n) is 2.66. The van der Waals surface area contributed by atoms with Crippen molar-refractivity contribution in [3.63, 3.8) is 0 Å². The van der Waals surface area contributed by atoms with Crippen LogP contribution < -0.4 is 5.32 Å². The summed E-state index contributed by atoms with van der Waals surface area (Å²) in [4.78, 5) is 13.0. The fourth-order valence-corrected chi connectivity index (χ4v) is 3.52. The average molecular weight is 392 g/mol. The quantitative estimate of drug-likeness (QED) is 0.572. The normalized spacial score (nSPS) is 10.8. The number of benzene rings is 2. The maximum Gasteiger partial charge on any atom is 0.258 e. The van der Waals surface area contributed by atoms with Gasteiger partial charge in [-0.25, -0.2) is 4.39 Å². The third-order valence-corrected chi connectivity index (χ3v) is 5.05. The molecule has 0 saturated heterocycles. The second kappa shape index (κ2) is 7.17. The summed E-state index contributed by atoms with van der Waals surface area (Å²) < 4.78 is 15.7. The molecule has 0 aliphatic heterocycles. The molecule has 0 aliphatic rings. The van der Waals surface area contributed by atoms with Gasteiger partial charge in [-0.3, -0.25) is 4.79 Å². The Labute approximate surface area is 163 Å². The molecule has 2 aromatic carbocycles.